The van der Waals surface area contributed by atoms with Crippen LogP contribution in [0.3, 0.4) is 0 Å². The van der Waals surface area contributed by atoms with Gasteiger partial charge in [0, 0.05) is 18.1 Å². The van der Waals surface area contributed by atoms with Crippen molar-refractivity contribution in [1.82, 2.24) is 4.98 Å². The molecule has 1 aromatic heterocycles. The summed E-state index contributed by atoms with van der Waals surface area (Å²) in [6.07, 6.45) is 2.27. The van der Waals surface area contributed by atoms with Gasteiger partial charge >= 0.3 is 0 Å². The Morgan fingerprint density at radius 3 is 2.79 bits per heavy atom. The number of aromatic nitrogens is 1. The first-order valence-corrected chi connectivity index (χ1v) is 4.22. The molecule has 0 spiro atoms. The summed E-state index contributed by atoms with van der Waals surface area (Å²) in [4.78, 5) is 7.31. The van der Waals surface area contributed by atoms with E-state index >= 15 is 0 Å². The fourth-order valence-electron chi connectivity index (χ4n) is 1.13. The minimum atomic E-state index is 0.448. The average molecular weight is 192 g/mol. The van der Waals surface area contributed by atoms with E-state index in [9.17, 15) is 0 Å². The van der Waals surface area contributed by atoms with Gasteiger partial charge in [0.2, 0.25) is 12.4 Å². The summed E-state index contributed by atoms with van der Waals surface area (Å²) in [5.41, 5.74) is 0.954. The van der Waals surface area contributed by atoms with Crippen LogP contribution in [-0.4, -0.2) is 25.7 Å². The van der Waals surface area contributed by atoms with Gasteiger partial charge in [-0.25, -0.2) is 11.6 Å². The molecule has 4 heteroatoms. The van der Waals surface area contributed by atoms with E-state index in [1.54, 1.807) is 26.5 Å². The summed E-state index contributed by atoms with van der Waals surface area (Å²) in [6.45, 7) is 7.16. The van der Waals surface area contributed by atoms with E-state index in [0.717, 1.165) is 5.56 Å². The topological polar surface area (TPSA) is 35.7 Å². The lowest BCUT2D eigenvalue weighted by Crippen LogP contribution is -1.97. The van der Waals surface area contributed by atoms with Gasteiger partial charge in [-0.15, -0.1) is 0 Å². The van der Waals surface area contributed by atoms with Crippen molar-refractivity contribution in [1.29, 1.82) is 0 Å². The van der Waals surface area contributed by atoms with Crippen molar-refractivity contribution in [2.24, 2.45) is 0 Å². The van der Waals surface area contributed by atoms with Gasteiger partial charge in [0.25, 0.3) is 0 Å². The molecule has 0 bridgehead atoms. The lowest BCUT2D eigenvalue weighted by Gasteiger charge is -2.06. The van der Waals surface area contributed by atoms with Crippen LogP contribution in [0.25, 0.3) is 4.85 Å². The Balaban J connectivity index is 2.91. The number of ether oxygens (including phenoxy) is 2. The highest BCUT2D eigenvalue weighted by molar-refractivity contribution is 5.35. The van der Waals surface area contributed by atoms with E-state index in [-0.39, 0.29) is 0 Å². The zero-order valence-corrected chi connectivity index (χ0v) is 8.28. The van der Waals surface area contributed by atoms with Gasteiger partial charge in [-0.3, -0.25) is 0 Å². The summed E-state index contributed by atoms with van der Waals surface area (Å²) in [5, 5.41) is 0. The van der Waals surface area contributed by atoms with Gasteiger partial charge in [-0.05, 0) is 0 Å². The summed E-state index contributed by atoms with van der Waals surface area (Å²) < 4.78 is 10.1. The van der Waals surface area contributed by atoms with Crippen LogP contribution < -0.4 is 9.47 Å². The van der Waals surface area contributed by atoms with Gasteiger partial charge < -0.3 is 14.3 Å². The zero-order chi connectivity index (χ0) is 10.4. The van der Waals surface area contributed by atoms with Gasteiger partial charge in [-0.1, -0.05) is 0 Å². The molecule has 0 aliphatic carbocycles. The molecule has 1 heterocycles. The van der Waals surface area contributed by atoms with E-state index in [1.165, 1.54) is 0 Å². The normalized spacial score (nSPS) is 9.21. The Bertz CT molecular complexity index is 344. The van der Waals surface area contributed by atoms with Crippen LogP contribution in [0.1, 0.15) is 5.56 Å². The number of hydrogen-bond donors (Lipinski definition) is 0. The molecule has 0 unspecified atom stereocenters. The molecule has 0 atom stereocenters. The summed E-state index contributed by atoms with van der Waals surface area (Å²) >= 11 is 0. The van der Waals surface area contributed by atoms with E-state index in [4.69, 9.17) is 16.0 Å². The first-order valence-electron chi connectivity index (χ1n) is 4.22. The second-order valence-electron chi connectivity index (χ2n) is 2.67. The van der Waals surface area contributed by atoms with Crippen molar-refractivity contribution >= 4 is 0 Å². The van der Waals surface area contributed by atoms with Crippen LogP contribution in [0.15, 0.2) is 12.3 Å². The van der Waals surface area contributed by atoms with Gasteiger partial charge in [0.15, 0.2) is 0 Å². The molecule has 0 fully saturated rings. The third kappa shape index (κ3) is 2.36. The molecule has 0 N–H and O–H groups in total. The Kier molecular flexibility index (Phi) is 3.74. The molecule has 4 nitrogen and oxygen atoms in total. The summed E-state index contributed by atoms with van der Waals surface area (Å²) in [5.74, 6) is 1.25. The van der Waals surface area contributed by atoms with Crippen LogP contribution in [-0.2, 0) is 6.42 Å². The standard InChI is InChI=1S/C10H12N2O2/c1-11-5-4-8-6-10(14-3)12-7-9(8)13-2/h6-7H,4-5H2,2-3H3. The van der Waals surface area contributed by atoms with Crippen molar-refractivity contribution < 1.29 is 9.47 Å². The molecule has 74 valence electrons. The minimum Gasteiger partial charge on any atom is -0.495 e. The monoisotopic (exact) mass is 192 g/mol. The predicted octanol–water partition coefficient (Wildman–Crippen LogP) is 1.56. The molecule has 0 aliphatic heterocycles. The molecule has 0 saturated heterocycles. The lowest BCUT2D eigenvalue weighted by atomic mass is 10.2. The van der Waals surface area contributed by atoms with Crippen LogP contribution in [0.4, 0.5) is 0 Å². The van der Waals surface area contributed by atoms with Crippen LogP contribution in [0.2, 0.25) is 0 Å². The first-order chi connectivity index (χ1) is 6.81. The van der Waals surface area contributed by atoms with Crippen LogP contribution in [0.5, 0.6) is 11.6 Å². The van der Waals surface area contributed by atoms with Crippen molar-refractivity contribution in [2.45, 2.75) is 6.42 Å². The highest BCUT2D eigenvalue weighted by Gasteiger charge is 2.06. The second-order valence-corrected chi connectivity index (χ2v) is 2.67. The SMILES string of the molecule is [C-]#[N+]CCc1cc(OC)ncc1OC. The highest BCUT2D eigenvalue weighted by atomic mass is 16.5. The molecule has 1 rings (SSSR count). The van der Waals surface area contributed by atoms with Crippen molar-refractivity contribution in [2.75, 3.05) is 20.8 Å². The van der Waals surface area contributed by atoms with Crippen molar-refractivity contribution in [3.8, 4) is 11.6 Å². The Hall–Kier alpha value is -1.76. The maximum absolute atomic E-state index is 6.72. The Labute approximate surface area is 83.3 Å². The molecular weight excluding hydrogens is 180 g/mol. The Morgan fingerprint density at radius 1 is 1.43 bits per heavy atom. The van der Waals surface area contributed by atoms with Gasteiger partial charge in [0.05, 0.1) is 20.4 Å². The fraction of sp³-hybridized carbons (Fsp3) is 0.400. The number of rotatable bonds is 4. The van der Waals surface area contributed by atoms with E-state index in [0.29, 0.717) is 24.6 Å². The lowest BCUT2D eigenvalue weighted by molar-refractivity contribution is 0.384. The van der Waals surface area contributed by atoms with E-state index in [2.05, 4.69) is 9.83 Å². The average Bonchev–Trinajstić information content (AvgIpc) is 2.25. The highest BCUT2D eigenvalue weighted by Crippen LogP contribution is 2.21. The second kappa shape index (κ2) is 5.07. The molecule has 0 aliphatic rings. The molecule has 0 amide bonds. The molecule has 0 radical (unpaired) electrons. The van der Waals surface area contributed by atoms with E-state index < -0.39 is 0 Å². The quantitative estimate of drug-likeness (QED) is 0.679. The number of pyridine rings is 1. The molecule has 0 aromatic carbocycles. The zero-order valence-electron chi connectivity index (χ0n) is 8.28. The largest absolute Gasteiger partial charge is 0.495 e. The van der Waals surface area contributed by atoms with Gasteiger partial charge in [0.1, 0.15) is 5.75 Å². The summed E-state index contributed by atoms with van der Waals surface area (Å²) in [7, 11) is 3.15. The number of methoxy groups -OCH3 is 2. The maximum Gasteiger partial charge on any atom is 0.218 e. The number of hydrogen-bond acceptors (Lipinski definition) is 3. The van der Waals surface area contributed by atoms with Crippen LogP contribution in [0, 0.1) is 6.57 Å². The minimum absolute atomic E-state index is 0.448. The van der Waals surface area contributed by atoms with Crippen molar-refractivity contribution in [3.05, 3.63) is 29.2 Å². The predicted molar refractivity (Wildman–Crippen MR) is 52.5 cm³/mol. The van der Waals surface area contributed by atoms with Gasteiger partial charge in [-0.2, -0.15) is 0 Å². The summed E-state index contributed by atoms with van der Waals surface area (Å²) in [6, 6.07) is 1.80. The third-order valence-electron chi connectivity index (χ3n) is 1.85. The van der Waals surface area contributed by atoms with Crippen molar-refractivity contribution in [3.63, 3.8) is 0 Å². The third-order valence-corrected chi connectivity index (χ3v) is 1.85. The molecule has 14 heavy (non-hydrogen) atoms. The van der Waals surface area contributed by atoms with Crippen LogP contribution >= 0.6 is 0 Å². The number of nitrogens with zero attached hydrogens (tertiary/aromatic N) is 2. The molecule has 1 aromatic rings. The molecular formula is C10H12N2O2. The molecule has 0 saturated carbocycles. The first kappa shape index (κ1) is 10.3. The Morgan fingerprint density at radius 2 is 2.21 bits per heavy atom. The maximum atomic E-state index is 6.72. The smallest absolute Gasteiger partial charge is 0.218 e. The fourth-order valence-corrected chi connectivity index (χ4v) is 1.13. The van der Waals surface area contributed by atoms with E-state index in [1.807, 2.05) is 0 Å².